The summed E-state index contributed by atoms with van der Waals surface area (Å²) in [5.41, 5.74) is 1.95. The van der Waals surface area contributed by atoms with E-state index in [0.29, 0.717) is 5.92 Å². The van der Waals surface area contributed by atoms with Crippen molar-refractivity contribution in [3.63, 3.8) is 0 Å². The standard InChI is InChI=1S/C27H39N3O3/c1-16-9-10-21(29-25(31)18-7-6-8-20(12-18)27(3,4)33)14-22(16)23-13-19-15-28-17(2)11-24(19)30(5)26(23)32/h11,13,15-16,18,20-22,33H,6-10,12,14H2,1-5H3,(H,29,31). The second-order valence-electron chi connectivity index (χ2n) is 11.2. The third-order valence-electron chi connectivity index (χ3n) is 8.26. The van der Waals surface area contributed by atoms with E-state index in [1.54, 1.807) is 4.57 Å². The first-order chi connectivity index (χ1) is 15.5. The Kier molecular flexibility index (Phi) is 6.68. The van der Waals surface area contributed by atoms with Crippen molar-refractivity contribution >= 4 is 16.8 Å². The summed E-state index contributed by atoms with van der Waals surface area (Å²) in [6, 6.07) is 4.06. The molecule has 0 radical (unpaired) electrons. The molecule has 2 aliphatic rings. The number of nitrogens with zero attached hydrogens (tertiary/aromatic N) is 2. The Hall–Kier alpha value is -2.21. The fourth-order valence-corrected chi connectivity index (χ4v) is 6.03. The molecular weight excluding hydrogens is 414 g/mol. The molecule has 2 N–H and O–H groups in total. The lowest BCUT2D eigenvalue weighted by molar-refractivity contribution is -0.128. The summed E-state index contributed by atoms with van der Waals surface area (Å²) in [6.07, 6.45) is 8.17. The first-order valence-corrected chi connectivity index (χ1v) is 12.5. The van der Waals surface area contributed by atoms with E-state index < -0.39 is 5.60 Å². The Balaban J connectivity index is 1.51. The first-order valence-electron chi connectivity index (χ1n) is 12.5. The molecule has 2 heterocycles. The van der Waals surface area contributed by atoms with Crippen LogP contribution in [0.3, 0.4) is 0 Å². The van der Waals surface area contributed by atoms with Crippen LogP contribution in [0.5, 0.6) is 0 Å². The topological polar surface area (TPSA) is 84.2 Å². The molecule has 33 heavy (non-hydrogen) atoms. The Morgan fingerprint density at radius 2 is 1.94 bits per heavy atom. The lowest BCUT2D eigenvalue weighted by Gasteiger charge is -2.38. The summed E-state index contributed by atoms with van der Waals surface area (Å²) >= 11 is 0. The lowest BCUT2D eigenvalue weighted by atomic mass is 9.73. The number of nitrogens with one attached hydrogen (secondary N) is 1. The number of fused-ring (bicyclic) bond motifs is 1. The van der Waals surface area contributed by atoms with E-state index in [0.717, 1.165) is 67.1 Å². The fourth-order valence-electron chi connectivity index (χ4n) is 6.03. The molecule has 2 fully saturated rings. The normalized spacial score (nSPS) is 28.6. The molecule has 2 aliphatic carbocycles. The second kappa shape index (κ2) is 9.21. The maximum absolute atomic E-state index is 13.3. The monoisotopic (exact) mass is 453 g/mol. The SMILES string of the molecule is Cc1cc2c(cn1)cc(C1CC(NC(=O)C3CCCC(C(C)(C)O)C3)CCC1C)c(=O)n2C. The molecule has 4 rings (SSSR count). The first kappa shape index (κ1) is 23.9. The smallest absolute Gasteiger partial charge is 0.254 e. The molecular formula is C27H39N3O3. The van der Waals surface area contributed by atoms with Crippen LogP contribution in [0.2, 0.25) is 0 Å². The van der Waals surface area contributed by atoms with Crippen molar-refractivity contribution in [2.24, 2.45) is 24.8 Å². The fraction of sp³-hybridized carbons (Fsp3) is 0.667. The van der Waals surface area contributed by atoms with Gasteiger partial charge in [-0.2, -0.15) is 0 Å². The molecule has 0 bridgehead atoms. The molecule has 2 aromatic heterocycles. The lowest BCUT2D eigenvalue weighted by Crippen LogP contribution is -2.45. The third kappa shape index (κ3) is 5.01. The molecule has 2 aromatic rings. The molecule has 0 spiro atoms. The summed E-state index contributed by atoms with van der Waals surface area (Å²) in [6.45, 7) is 7.86. The minimum absolute atomic E-state index is 0.0316. The van der Waals surface area contributed by atoms with Crippen molar-refractivity contribution in [1.29, 1.82) is 0 Å². The van der Waals surface area contributed by atoms with Gasteiger partial charge in [0.05, 0.1) is 11.1 Å². The molecule has 0 saturated heterocycles. The van der Waals surface area contributed by atoms with Crippen LogP contribution in [0.25, 0.3) is 10.9 Å². The number of amides is 1. The molecule has 6 heteroatoms. The van der Waals surface area contributed by atoms with Gasteiger partial charge in [0.2, 0.25) is 5.91 Å². The van der Waals surface area contributed by atoms with Gasteiger partial charge in [0.1, 0.15) is 0 Å². The summed E-state index contributed by atoms with van der Waals surface area (Å²) < 4.78 is 1.74. The quantitative estimate of drug-likeness (QED) is 0.726. The van der Waals surface area contributed by atoms with Crippen LogP contribution < -0.4 is 10.9 Å². The van der Waals surface area contributed by atoms with E-state index in [1.165, 1.54) is 0 Å². The second-order valence-corrected chi connectivity index (χ2v) is 11.2. The van der Waals surface area contributed by atoms with Crippen LogP contribution in [0.1, 0.15) is 82.9 Å². The molecule has 1 amide bonds. The number of aliphatic hydroxyl groups is 1. The van der Waals surface area contributed by atoms with Gasteiger partial charge >= 0.3 is 0 Å². The number of hydrogen-bond donors (Lipinski definition) is 2. The predicted molar refractivity (Wildman–Crippen MR) is 131 cm³/mol. The molecule has 180 valence electrons. The van der Waals surface area contributed by atoms with E-state index in [2.05, 4.69) is 17.2 Å². The minimum Gasteiger partial charge on any atom is -0.390 e. The van der Waals surface area contributed by atoms with E-state index in [9.17, 15) is 14.7 Å². The van der Waals surface area contributed by atoms with Crippen LogP contribution in [0.4, 0.5) is 0 Å². The van der Waals surface area contributed by atoms with E-state index in [-0.39, 0.29) is 35.3 Å². The number of rotatable bonds is 4. The van der Waals surface area contributed by atoms with Crippen molar-refractivity contribution in [1.82, 2.24) is 14.9 Å². The Morgan fingerprint density at radius 3 is 2.67 bits per heavy atom. The summed E-state index contributed by atoms with van der Waals surface area (Å²) in [7, 11) is 1.84. The largest absolute Gasteiger partial charge is 0.390 e. The molecule has 0 aromatic carbocycles. The Bertz CT molecular complexity index is 1080. The zero-order valence-corrected chi connectivity index (χ0v) is 20.7. The van der Waals surface area contributed by atoms with Crippen LogP contribution >= 0.6 is 0 Å². The van der Waals surface area contributed by atoms with Crippen molar-refractivity contribution in [3.8, 4) is 0 Å². The number of carbonyl (C=O) groups is 1. The van der Waals surface area contributed by atoms with Gasteiger partial charge in [-0.05, 0) is 89.2 Å². The Morgan fingerprint density at radius 1 is 1.18 bits per heavy atom. The molecule has 5 atom stereocenters. The maximum atomic E-state index is 13.3. The van der Waals surface area contributed by atoms with Crippen molar-refractivity contribution in [2.75, 3.05) is 0 Å². The average Bonchev–Trinajstić information content (AvgIpc) is 2.77. The highest BCUT2D eigenvalue weighted by Crippen LogP contribution is 2.39. The molecule has 5 unspecified atom stereocenters. The van der Waals surface area contributed by atoms with Crippen LogP contribution in [-0.4, -0.2) is 32.2 Å². The number of aryl methyl sites for hydroxylation is 2. The van der Waals surface area contributed by atoms with Gasteiger partial charge in [0.15, 0.2) is 0 Å². The van der Waals surface area contributed by atoms with Crippen LogP contribution in [-0.2, 0) is 11.8 Å². The third-order valence-corrected chi connectivity index (χ3v) is 8.26. The van der Waals surface area contributed by atoms with Gasteiger partial charge in [0, 0.05) is 41.8 Å². The average molecular weight is 454 g/mol. The summed E-state index contributed by atoms with van der Waals surface area (Å²) in [5, 5.41) is 14.7. The summed E-state index contributed by atoms with van der Waals surface area (Å²) in [4.78, 5) is 30.8. The van der Waals surface area contributed by atoms with Crippen molar-refractivity contribution in [2.45, 2.75) is 90.2 Å². The van der Waals surface area contributed by atoms with Crippen molar-refractivity contribution in [3.05, 3.63) is 39.9 Å². The highest BCUT2D eigenvalue weighted by molar-refractivity contribution is 5.80. The van der Waals surface area contributed by atoms with Gasteiger partial charge in [-0.3, -0.25) is 14.6 Å². The van der Waals surface area contributed by atoms with Gasteiger partial charge in [-0.25, -0.2) is 0 Å². The van der Waals surface area contributed by atoms with Crippen LogP contribution in [0, 0.1) is 24.7 Å². The number of pyridine rings is 2. The van der Waals surface area contributed by atoms with Gasteiger partial charge in [0.25, 0.3) is 5.56 Å². The summed E-state index contributed by atoms with van der Waals surface area (Å²) in [5.74, 6) is 0.753. The van der Waals surface area contributed by atoms with Gasteiger partial charge in [-0.1, -0.05) is 13.3 Å². The highest BCUT2D eigenvalue weighted by atomic mass is 16.3. The Labute approximate surface area is 196 Å². The maximum Gasteiger partial charge on any atom is 0.254 e. The molecule has 2 saturated carbocycles. The molecule has 6 nitrogen and oxygen atoms in total. The highest BCUT2D eigenvalue weighted by Gasteiger charge is 2.37. The van der Waals surface area contributed by atoms with Crippen LogP contribution in [0.15, 0.2) is 23.1 Å². The van der Waals surface area contributed by atoms with Gasteiger partial charge < -0.3 is 15.0 Å². The number of carbonyl (C=O) groups excluding carboxylic acids is 1. The van der Waals surface area contributed by atoms with E-state index >= 15 is 0 Å². The van der Waals surface area contributed by atoms with E-state index in [4.69, 9.17) is 0 Å². The zero-order valence-electron chi connectivity index (χ0n) is 20.7. The minimum atomic E-state index is -0.742. The van der Waals surface area contributed by atoms with Crippen molar-refractivity contribution < 1.29 is 9.90 Å². The number of aromatic nitrogens is 2. The number of hydrogen-bond acceptors (Lipinski definition) is 4. The predicted octanol–water partition coefficient (Wildman–Crippen LogP) is 4.21. The zero-order chi connectivity index (χ0) is 23.9. The van der Waals surface area contributed by atoms with E-state index in [1.807, 2.05) is 46.1 Å². The van der Waals surface area contributed by atoms with Gasteiger partial charge in [-0.15, -0.1) is 0 Å². The molecule has 0 aliphatic heterocycles.